The van der Waals surface area contributed by atoms with Gasteiger partial charge in [-0.3, -0.25) is 19.1 Å². The van der Waals surface area contributed by atoms with E-state index in [-0.39, 0.29) is 11.9 Å². The third kappa shape index (κ3) is 5.13. The summed E-state index contributed by atoms with van der Waals surface area (Å²) >= 11 is 0. The first-order chi connectivity index (χ1) is 19.8. The number of carbonyl (C=O) groups is 1. The quantitative estimate of drug-likeness (QED) is 0.312. The molecule has 3 heterocycles. The van der Waals surface area contributed by atoms with Crippen molar-refractivity contribution in [3.63, 3.8) is 0 Å². The summed E-state index contributed by atoms with van der Waals surface area (Å²) in [5.74, 6) is 0.886. The molecule has 7 nitrogen and oxygen atoms in total. The highest BCUT2D eigenvalue weighted by molar-refractivity contribution is 5.89. The van der Waals surface area contributed by atoms with E-state index in [2.05, 4.69) is 4.90 Å². The molecule has 6 rings (SSSR count). The topological polar surface area (TPSA) is 67.7 Å². The van der Waals surface area contributed by atoms with Crippen molar-refractivity contribution in [2.24, 2.45) is 0 Å². The van der Waals surface area contributed by atoms with Crippen LogP contribution in [0.5, 0.6) is 5.75 Å². The first-order valence-electron chi connectivity index (χ1n) is 13.7. The number of carbonyl (C=O) groups excluding carboxylic acids is 1. The van der Waals surface area contributed by atoms with Crippen LogP contribution in [-0.4, -0.2) is 64.6 Å². The Morgan fingerprint density at radius 3 is 2.59 bits per heavy atom. The molecule has 1 aliphatic carbocycles. The number of amides is 1. The summed E-state index contributed by atoms with van der Waals surface area (Å²) in [6.45, 7) is 1.76. The van der Waals surface area contributed by atoms with E-state index >= 15 is 0 Å². The number of hydrogen-bond acceptors (Lipinski definition) is 5. The standard InChI is InChI=1S/C32H30F2N4O3/c1-20-30(39)36(2)14-15-37(20)16-17-41-24-10-6-21(7-11-24)28-13-9-23-18-22(8-12-29(23)35-28)27-19-38(32(33)34)31(40)26-5-3-4-25(26)27/h3-4,6-13,18-20,32H,5,14-17H2,1-2H3/t20-/m1/s1. The molecule has 1 aliphatic heterocycles. The van der Waals surface area contributed by atoms with Crippen LogP contribution >= 0.6 is 0 Å². The van der Waals surface area contributed by atoms with Gasteiger partial charge in [-0.1, -0.05) is 24.3 Å². The highest BCUT2D eigenvalue weighted by Crippen LogP contribution is 2.33. The monoisotopic (exact) mass is 556 g/mol. The SMILES string of the molecule is C[C@@H]1C(=O)N(C)CCN1CCOc1ccc(-c2ccc3cc(-c4cn(C(F)F)c(=O)c5c4C=CC5)ccc3n2)cc1. The molecule has 1 atom stereocenters. The summed E-state index contributed by atoms with van der Waals surface area (Å²) in [4.78, 5) is 33.4. The van der Waals surface area contributed by atoms with Crippen LogP contribution in [0, 0.1) is 0 Å². The van der Waals surface area contributed by atoms with Gasteiger partial charge in [-0.05, 0) is 66.9 Å². The highest BCUT2D eigenvalue weighted by Gasteiger charge is 2.28. The van der Waals surface area contributed by atoms with Crippen molar-refractivity contribution >= 4 is 22.9 Å². The lowest BCUT2D eigenvalue weighted by Gasteiger charge is -2.37. The molecule has 0 N–H and O–H groups in total. The Morgan fingerprint density at radius 1 is 1.02 bits per heavy atom. The molecule has 4 aromatic rings. The molecule has 0 unspecified atom stereocenters. The van der Waals surface area contributed by atoms with E-state index in [1.54, 1.807) is 4.90 Å². The van der Waals surface area contributed by atoms with Crippen LogP contribution in [0.2, 0.25) is 0 Å². The van der Waals surface area contributed by atoms with E-state index in [0.717, 1.165) is 46.6 Å². The average Bonchev–Trinajstić information content (AvgIpc) is 3.48. The second kappa shape index (κ2) is 10.9. The van der Waals surface area contributed by atoms with Gasteiger partial charge in [-0.25, -0.2) is 4.98 Å². The Bertz CT molecular complexity index is 1720. The van der Waals surface area contributed by atoms with Crippen LogP contribution in [0.3, 0.4) is 0 Å². The second-order valence-electron chi connectivity index (χ2n) is 10.5. The van der Waals surface area contributed by atoms with Gasteiger partial charge in [0.1, 0.15) is 12.4 Å². The van der Waals surface area contributed by atoms with Crippen LogP contribution in [0.25, 0.3) is 39.4 Å². The number of allylic oxidation sites excluding steroid dienone is 1. The summed E-state index contributed by atoms with van der Waals surface area (Å²) in [5.41, 5.74) is 4.32. The van der Waals surface area contributed by atoms with Crippen molar-refractivity contribution < 1.29 is 18.3 Å². The number of benzene rings is 2. The fraction of sp³-hybridized carbons (Fsp3) is 0.281. The van der Waals surface area contributed by atoms with Gasteiger partial charge >= 0.3 is 6.55 Å². The lowest BCUT2D eigenvalue weighted by Crippen LogP contribution is -2.55. The number of hydrogen-bond donors (Lipinski definition) is 0. The normalized spacial score (nSPS) is 17.0. The van der Waals surface area contributed by atoms with E-state index in [0.29, 0.717) is 40.8 Å². The molecule has 1 amide bonds. The molecule has 41 heavy (non-hydrogen) atoms. The van der Waals surface area contributed by atoms with Crippen molar-refractivity contribution in [3.05, 3.63) is 88.4 Å². The average molecular weight is 557 g/mol. The molecule has 0 radical (unpaired) electrons. The zero-order chi connectivity index (χ0) is 28.7. The summed E-state index contributed by atoms with van der Waals surface area (Å²) in [6, 6.07) is 17.1. The van der Waals surface area contributed by atoms with Gasteiger partial charge in [0.15, 0.2) is 0 Å². The molecular weight excluding hydrogens is 526 g/mol. The predicted octanol–water partition coefficient (Wildman–Crippen LogP) is 5.24. The number of alkyl halides is 2. The molecule has 0 spiro atoms. The van der Waals surface area contributed by atoms with Crippen LogP contribution in [-0.2, 0) is 11.2 Å². The number of fused-ring (bicyclic) bond motifs is 2. The van der Waals surface area contributed by atoms with Gasteiger partial charge in [0.05, 0.1) is 17.3 Å². The van der Waals surface area contributed by atoms with Crippen molar-refractivity contribution in [3.8, 4) is 28.1 Å². The van der Waals surface area contributed by atoms with Crippen molar-refractivity contribution in [2.75, 3.05) is 33.3 Å². The van der Waals surface area contributed by atoms with E-state index in [1.807, 2.05) is 80.7 Å². The molecule has 0 saturated carbocycles. The van der Waals surface area contributed by atoms with Crippen LogP contribution in [0.1, 0.15) is 24.6 Å². The van der Waals surface area contributed by atoms with Crippen molar-refractivity contribution in [2.45, 2.75) is 25.9 Å². The van der Waals surface area contributed by atoms with Gasteiger partial charge in [0, 0.05) is 55.0 Å². The van der Waals surface area contributed by atoms with Crippen molar-refractivity contribution in [1.29, 1.82) is 0 Å². The number of pyridine rings is 2. The highest BCUT2D eigenvalue weighted by atomic mass is 19.3. The Kier molecular flexibility index (Phi) is 7.13. The number of nitrogens with zero attached hydrogens (tertiary/aromatic N) is 4. The molecule has 2 aromatic carbocycles. The van der Waals surface area contributed by atoms with Gasteiger partial charge in [0.2, 0.25) is 5.91 Å². The smallest absolute Gasteiger partial charge is 0.321 e. The summed E-state index contributed by atoms with van der Waals surface area (Å²) in [7, 11) is 1.83. The fourth-order valence-corrected chi connectivity index (χ4v) is 5.58. The Hall–Kier alpha value is -4.37. The van der Waals surface area contributed by atoms with E-state index in [9.17, 15) is 18.4 Å². The maximum absolute atomic E-state index is 13.6. The van der Waals surface area contributed by atoms with Crippen LogP contribution < -0.4 is 10.3 Å². The third-order valence-corrected chi connectivity index (χ3v) is 7.99. The maximum Gasteiger partial charge on any atom is 0.321 e. The first kappa shape index (κ1) is 26.8. The molecule has 0 bridgehead atoms. The summed E-state index contributed by atoms with van der Waals surface area (Å²) < 4.78 is 33.6. The zero-order valence-corrected chi connectivity index (χ0v) is 22.9. The van der Waals surface area contributed by atoms with Gasteiger partial charge < -0.3 is 9.64 Å². The van der Waals surface area contributed by atoms with Gasteiger partial charge in [-0.15, -0.1) is 0 Å². The summed E-state index contributed by atoms with van der Waals surface area (Å²) in [5, 5.41) is 0.869. The lowest BCUT2D eigenvalue weighted by atomic mass is 9.98. The Labute approximate surface area is 236 Å². The predicted molar refractivity (Wildman–Crippen MR) is 155 cm³/mol. The Morgan fingerprint density at radius 2 is 1.80 bits per heavy atom. The number of likely N-dealkylation sites (N-methyl/N-ethyl adjacent to an activating group) is 1. The lowest BCUT2D eigenvalue weighted by molar-refractivity contribution is -0.139. The molecule has 1 fully saturated rings. The minimum atomic E-state index is -2.90. The molecule has 1 saturated heterocycles. The fourth-order valence-electron chi connectivity index (χ4n) is 5.58. The van der Waals surface area contributed by atoms with Crippen molar-refractivity contribution in [1.82, 2.24) is 19.4 Å². The maximum atomic E-state index is 13.6. The summed E-state index contributed by atoms with van der Waals surface area (Å²) in [6.07, 6.45) is 5.26. The molecule has 210 valence electrons. The molecule has 9 heteroatoms. The number of aromatic nitrogens is 2. The number of halogens is 2. The minimum absolute atomic E-state index is 0.137. The second-order valence-corrected chi connectivity index (χ2v) is 10.5. The molecular formula is C32H30F2N4O3. The van der Waals surface area contributed by atoms with Crippen LogP contribution in [0.4, 0.5) is 8.78 Å². The largest absolute Gasteiger partial charge is 0.492 e. The van der Waals surface area contributed by atoms with E-state index < -0.39 is 12.1 Å². The Balaban J connectivity index is 1.17. The number of ether oxygens (including phenoxy) is 1. The zero-order valence-electron chi connectivity index (χ0n) is 22.9. The van der Waals surface area contributed by atoms with E-state index in [4.69, 9.17) is 9.72 Å². The number of piperazine rings is 1. The van der Waals surface area contributed by atoms with Gasteiger partial charge in [0.25, 0.3) is 5.56 Å². The first-order valence-corrected chi connectivity index (χ1v) is 13.7. The van der Waals surface area contributed by atoms with Gasteiger partial charge in [-0.2, -0.15) is 8.78 Å². The molecule has 2 aliphatic rings. The number of rotatable bonds is 7. The van der Waals surface area contributed by atoms with Crippen LogP contribution in [0.15, 0.2) is 71.7 Å². The van der Waals surface area contributed by atoms with E-state index in [1.165, 1.54) is 6.20 Å². The molecule has 2 aromatic heterocycles. The minimum Gasteiger partial charge on any atom is -0.492 e. The third-order valence-electron chi connectivity index (χ3n) is 7.99.